The summed E-state index contributed by atoms with van der Waals surface area (Å²) in [7, 11) is 0. The first-order chi connectivity index (χ1) is 6.74. The highest BCUT2D eigenvalue weighted by molar-refractivity contribution is 6.31. The molecule has 0 unspecified atom stereocenters. The Kier molecular flexibility index (Phi) is 2.64. The summed E-state index contributed by atoms with van der Waals surface area (Å²) >= 11 is 5.94. The largest absolute Gasteiger partial charge is 0.491 e. The maximum Gasteiger partial charge on any atom is 0.170 e. The molecule has 1 nitrogen and oxygen atoms in total. The predicted molar refractivity (Wildman–Crippen MR) is 54.6 cm³/mol. The predicted octanol–water partition coefficient (Wildman–Crippen LogP) is 3.76. The van der Waals surface area contributed by atoms with Gasteiger partial charge in [0.1, 0.15) is 0 Å². The second-order valence-corrected chi connectivity index (χ2v) is 3.89. The summed E-state index contributed by atoms with van der Waals surface area (Å²) < 4.78 is 19.0. The Morgan fingerprint density at radius 3 is 2.79 bits per heavy atom. The van der Waals surface area contributed by atoms with E-state index in [0.29, 0.717) is 28.9 Å². The van der Waals surface area contributed by atoms with Crippen LogP contribution in [0.15, 0.2) is 12.1 Å². The van der Waals surface area contributed by atoms with Crippen LogP contribution in [-0.4, -0.2) is 6.61 Å². The van der Waals surface area contributed by atoms with E-state index in [1.165, 1.54) is 0 Å². The number of rotatable bonds is 3. The fourth-order valence-electron chi connectivity index (χ4n) is 1.56. The fourth-order valence-corrected chi connectivity index (χ4v) is 1.86. The summed E-state index contributed by atoms with van der Waals surface area (Å²) in [5.41, 5.74) is 0.637. The lowest BCUT2D eigenvalue weighted by Gasteiger charge is -2.09. The van der Waals surface area contributed by atoms with Gasteiger partial charge in [-0.25, -0.2) is 4.39 Å². The maximum absolute atomic E-state index is 13.8. The zero-order valence-corrected chi connectivity index (χ0v) is 8.77. The topological polar surface area (TPSA) is 9.23 Å². The van der Waals surface area contributed by atoms with Crippen LogP contribution in [0.3, 0.4) is 0 Å². The van der Waals surface area contributed by atoms with Crippen molar-refractivity contribution in [2.24, 2.45) is 0 Å². The normalized spacial score (nSPS) is 15.6. The Labute approximate surface area is 87.8 Å². The van der Waals surface area contributed by atoms with E-state index in [0.717, 1.165) is 12.8 Å². The average Bonchev–Trinajstić information content (AvgIpc) is 2.94. The third kappa shape index (κ3) is 1.71. The van der Waals surface area contributed by atoms with Crippen molar-refractivity contribution < 1.29 is 9.13 Å². The highest BCUT2D eigenvalue weighted by Crippen LogP contribution is 2.46. The zero-order chi connectivity index (χ0) is 10.1. The first-order valence-electron chi connectivity index (χ1n) is 4.84. The van der Waals surface area contributed by atoms with E-state index in [1.54, 1.807) is 12.1 Å². The summed E-state index contributed by atoms with van der Waals surface area (Å²) in [4.78, 5) is 0. The molecule has 0 heterocycles. The van der Waals surface area contributed by atoms with E-state index < -0.39 is 0 Å². The molecule has 1 aromatic rings. The molecule has 3 heteroatoms. The number of ether oxygens (including phenoxy) is 1. The van der Waals surface area contributed by atoms with Crippen molar-refractivity contribution in [3.05, 3.63) is 28.5 Å². The quantitative estimate of drug-likeness (QED) is 0.745. The van der Waals surface area contributed by atoms with Crippen LogP contribution in [0, 0.1) is 5.82 Å². The molecule has 0 bridgehead atoms. The van der Waals surface area contributed by atoms with Gasteiger partial charge in [0, 0.05) is 10.6 Å². The van der Waals surface area contributed by atoms with Crippen molar-refractivity contribution in [2.75, 3.05) is 6.61 Å². The molecule has 0 spiro atoms. The minimum absolute atomic E-state index is 0.276. The van der Waals surface area contributed by atoms with Gasteiger partial charge in [-0.05, 0) is 37.8 Å². The molecule has 0 N–H and O–H groups in total. The van der Waals surface area contributed by atoms with E-state index in [1.807, 2.05) is 6.92 Å². The van der Waals surface area contributed by atoms with Gasteiger partial charge in [0.2, 0.25) is 0 Å². The third-order valence-electron chi connectivity index (χ3n) is 2.38. The Hall–Kier alpha value is -0.760. The van der Waals surface area contributed by atoms with Gasteiger partial charge >= 0.3 is 0 Å². The van der Waals surface area contributed by atoms with Gasteiger partial charge in [-0.15, -0.1) is 0 Å². The Bertz CT molecular complexity index is 347. The van der Waals surface area contributed by atoms with Gasteiger partial charge < -0.3 is 4.74 Å². The van der Waals surface area contributed by atoms with Crippen molar-refractivity contribution in [3.63, 3.8) is 0 Å². The summed E-state index contributed by atoms with van der Waals surface area (Å²) in [5.74, 6) is 0.351. The molecule has 0 radical (unpaired) electrons. The Balaban J connectivity index is 2.40. The smallest absolute Gasteiger partial charge is 0.170 e. The monoisotopic (exact) mass is 214 g/mol. The number of hydrogen-bond acceptors (Lipinski definition) is 1. The summed E-state index contributed by atoms with van der Waals surface area (Å²) in [5, 5.41) is 0.522. The van der Waals surface area contributed by atoms with Crippen LogP contribution in [0.1, 0.15) is 31.2 Å². The first kappa shape index (κ1) is 9.78. The lowest BCUT2D eigenvalue weighted by Crippen LogP contribution is -1.98. The lowest BCUT2D eigenvalue weighted by atomic mass is 10.1. The molecule has 0 aliphatic heterocycles. The van der Waals surface area contributed by atoms with Gasteiger partial charge in [0.05, 0.1) is 6.61 Å². The second kappa shape index (κ2) is 3.77. The van der Waals surface area contributed by atoms with Crippen LogP contribution in [0.2, 0.25) is 5.02 Å². The van der Waals surface area contributed by atoms with Crippen LogP contribution < -0.4 is 4.74 Å². The minimum Gasteiger partial charge on any atom is -0.491 e. The molecule has 1 aliphatic rings. The molecule has 1 saturated carbocycles. The fraction of sp³-hybridized carbons (Fsp3) is 0.455. The standard InChI is InChI=1S/C11H12ClFO/c1-2-14-9-6-5-8(12)10(11(9)13)7-3-4-7/h5-7H,2-4H2,1H3. The molecule has 76 valence electrons. The summed E-state index contributed by atoms with van der Waals surface area (Å²) in [6.07, 6.45) is 2.07. The lowest BCUT2D eigenvalue weighted by molar-refractivity contribution is 0.320. The number of hydrogen-bond donors (Lipinski definition) is 0. The van der Waals surface area contributed by atoms with Gasteiger partial charge in [0.15, 0.2) is 11.6 Å². The molecule has 0 aromatic heterocycles. The van der Waals surface area contributed by atoms with E-state index >= 15 is 0 Å². The van der Waals surface area contributed by atoms with Crippen molar-refractivity contribution >= 4 is 11.6 Å². The van der Waals surface area contributed by atoms with Gasteiger partial charge in [0.25, 0.3) is 0 Å². The van der Waals surface area contributed by atoms with Crippen LogP contribution in [0.25, 0.3) is 0 Å². The molecule has 0 amide bonds. The van der Waals surface area contributed by atoms with E-state index in [-0.39, 0.29) is 5.82 Å². The Morgan fingerprint density at radius 1 is 1.50 bits per heavy atom. The van der Waals surface area contributed by atoms with Crippen molar-refractivity contribution in [3.8, 4) is 5.75 Å². The zero-order valence-electron chi connectivity index (χ0n) is 8.02. The average molecular weight is 215 g/mol. The molecular formula is C11H12ClFO. The van der Waals surface area contributed by atoms with Crippen LogP contribution in [0.4, 0.5) is 4.39 Å². The van der Waals surface area contributed by atoms with E-state index in [4.69, 9.17) is 16.3 Å². The molecule has 1 aliphatic carbocycles. The third-order valence-corrected chi connectivity index (χ3v) is 2.71. The summed E-state index contributed by atoms with van der Waals surface area (Å²) in [6.45, 7) is 2.31. The van der Waals surface area contributed by atoms with Gasteiger partial charge in [-0.1, -0.05) is 11.6 Å². The highest BCUT2D eigenvalue weighted by atomic mass is 35.5. The van der Waals surface area contributed by atoms with Crippen molar-refractivity contribution in [2.45, 2.75) is 25.7 Å². The van der Waals surface area contributed by atoms with Gasteiger partial charge in [-0.2, -0.15) is 0 Å². The SMILES string of the molecule is CCOc1ccc(Cl)c(C2CC2)c1F. The highest BCUT2D eigenvalue weighted by Gasteiger charge is 2.30. The molecular weight excluding hydrogens is 203 g/mol. The second-order valence-electron chi connectivity index (χ2n) is 3.48. The van der Waals surface area contributed by atoms with E-state index in [2.05, 4.69) is 0 Å². The van der Waals surface area contributed by atoms with Crippen LogP contribution >= 0.6 is 11.6 Å². The van der Waals surface area contributed by atoms with E-state index in [9.17, 15) is 4.39 Å². The molecule has 1 aromatic carbocycles. The number of benzene rings is 1. The minimum atomic E-state index is -0.276. The van der Waals surface area contributed by atoms with Crippen LogP contribution in [-0.2, 0) is 0 Å². The van der Waals surface area contributed by atoms with Crippen LogP contribution in [0.5, 0.6) is 5.75 Å². The molecule has 2 rings (SSSR count). The summed E-state index contributed by atoms with van der Waals surface area (Å²) in [6, 6.07) is 3.30. The first-order valence-corrected chi connectivity index (χ1v) is 5.22. The van der Waals surface area contributed by atoms with Crippen molar-refractivity contribution in [1.82, 2.24) is 0 Å². The molecule has 0 atom stereocenters. The van der Waals surface area contributed by atoms with Gasteiger partial charge in [-0.3, -0.25) is 0 Å². The molecule has 14 heavy (non-hydrogen) atoms. The molecule has 0 saturated heterocycles. The maximum atomic E-state index is 13.8. The number of halogens is 2. The van der Waals surface area contributed by atoms with Crippen molar-refractivity contribution in [1.29, 1.82) is 0 Å². The Morgan fingerprint density at radius 2 is 2.21 bits per heavy atom. The molecule has 1 fully saturated rings.